The lowest BCUT2D eigenvalue weighted by Gasteiger charge is -2.16. The highest BCUT2D eigenvalue weighted by Gasteiger charge is 2.19. The summed E-state index contributed by atoms with van der Waals surface area (Å²) in [6.45, 7) is 3.64. The second kappa shape index (κ2) is 6.17. The Bertz CT molecular complexity index is 500. The van der Waals surface area contributed by atoms with E-state index in [2.05, 4.69) is 4.72 Å². The Labute approximate surface area is 108 Å². The van der Waals surface area contributed by atoms with Gasteiger partial charge in [-0.2, -0.15) is 0 Å². The van der Waals surface area contributed by atoms with Crippen molar-refractivity contribution < 1.29 is 13.5 Å². The van der Waals surface area contributed by atoms with Crippen molar-refractivity contribution >= 4 is 15.7 Å². The van der Waals surface area contributed by atoms with Gasteiger partial charge in [0, 0.05) is 18.3 Å². The maximum Gasteiger partial charge on any atom is 0.240 e. The number of hydrogen-bond donors (Lipinski definition) is 3. The summed E-state index contributed by atoms with van der Waals surface area (Å²) < 4.78 is 26.7. The molecule has 0 saturated carbocycles. The first-order valence-electron chi connectivity index (χ1n) is 5.90. The van der Waals surface area contributed by atoms with Crippen LogP contribution in [0.1, 0.15) is 25.3 Å². The fourth-order valence-corrected chi connectivity index (χ4v) is 2.96. The molecule has 0 aliphatic rings. The van der Waals surface area contributed by atoms with E-state index in [0.717, 1.165) is 5.56 Å². The molecule has 5 nitrogen and oxygen atoms in total. The SMILES string of the molecule is CCC(CCO)NS(=O)(=O)c1ccc(C)c(N)c1. The number of aryl methyl sites for hydroxylation is 1. The van der Waals surface area contributed by atoms with Gasteiger partial charge in [-0.25, -0.2) is 13.1 Å². The third-order valence-electron chi connectivity index (χ3n) is 2.85. The van der Waals surface area contributed by atoms with Crippen molar-refractivity contribution in [2.45, 2.75) is 37.6 Å². The second-order valence-electron chi connectivity index (χ2n) is 4.26. The van der Waals surface area contributed by atoms with Crippen LogP contribution in [0.3, 0.4) is 0 Å². The molecule has 0 saturated heterocycles. The summed E-state index contributed by atoms with van der Waals surface area (Å²) in [5, 5.41) is 8.86. The van der Waals surface area contributed by atoms with E-state index in [1.54, 1.807) is 6.07 Å². The fraction of sp³-hybridized carbons (Fsp3) is 0.500. The standard InChI is InChI=1S/C12H20N2O3S/c1-3-10(6-7-15)14-18(16,17)11-5-4-9(2)12(13)8-11/h4-5,8,10,14-15H,3,6-7,13H2,1-2H3. The predicted molar refractivity (Wildman–Crippen MR) is 71.7 cm³/mol. The molecule has 0 heterocycles. The lowest BCUT2D eigenvalue weighted by atomic mass is 10.2. The second-order valence-corrected chi connectivity index (χ2v) is 5.97. The maximum atomic E-state index is 12.1. The number of hydrogen-bond acceptors (Lipinski definition) is 4. The lowest BCUT2D eigenvalue weighted by Crippen LogP contribution is -2.35. The predicted octanol–water partition coefficient (Wildman–Crippen LogP) is 1.02. The van der Waals surface area contributed by atoms with Crippen LogP contribution in [0, 0.1) is 6.92 Å². The molecule has 1 rings (SSSR count). The summed E-state index contributed by atoms with van der Waals surface area (Å²) in [5.74, 6) is 0. The summed E-state index contributed by atoms with van der Waals surface area (Å²) in [7, 11) is -3.57. The Morgan fingerprint density at radius 1 is 1.44 bits per heavy atom. The molecule has 1 aromatic carbocycles. The number of benzene rings is 1. The van der Waals surface area contributed by atoms with Crippen LogP contribution in [-0.2, 0) is 10.0 Å². The number of nitrogens with one attached hydrogen (secondary N) is 1. The van der Waals surface area contributed by atoms with E-state index in [1.807, 2.05) is 13.8 Å². The van der Waals surface area contributed by atoms with Crippen LogP contribution in [-0.4, -0.2) is 26.2 Å². The molecule has 1 atom stereocenters. The van der Waals surface area contributed by atoms with Gasteiger partial charge in [-0.05, 0) is 37.5 Å². The highest BCUT2D eigenvalue weighted by atomic mass is 32.2. The van der Waals surface area contributed by atoms with Gasteiger partial charge in [0.05, 0.1) is 4.90 Å². The average molecular weight is 272 g/mol. The zero-order valence-electron chi connectivity index (χ0n) is 10.7. The van der Waals surface area contributed by atoms with Gasteiger partial charge in [-0.3, -0.25) is 0 Å². The smallest absolute Gasteiger partial charge is 0.240 e. The molecule has 0 aliphatic heterocycles. The molecule has 0 aromatic heterocycles. The minimum Gasteiger partial charge on any atom is -0.398 e. The minimum absolute atomic E-state index is 0.0446. The number of rotatable bonds is 6. The van der Waals surface area contributed by atoms with Gasteiger partial charge in [0.1, 0.15) is 0 Å². The quantitative estimate of drug-likeness (QED) is 0.674. The topological polar surface area (TPSA) is 92.4 Å². The maximum absolute atomic E-state index is 12.1. The normalized spacial score (nSPS) is 13.5. The van der Waals surface area contributed by atoms with E-state index in [-0.39, 0.29) is 17.5 Å². The van der Waals surface area contributed by atoms with E-state index in [1.165, 1.54) is 12.1 Å². The summed E-state index contributed by atoms with van der Waals surface area (Å²) in [4.78, 5) is 0.155. The van der Waals surface area contributed by atoms with Crippen molar-refractivity contribution in [3.05, 3.63) is 23.8 Å². The average Bonchev–Trinajstić information content (AvgIpc) is 2.31. The van der Waals surface area contributed by atoms with Crippen LogP contribution in [0.25, 0.3) is 0 Å². The highest BCUT2D eigenvalue weighted by Crippen LogP contribution is 2.17. The van der Waals surface area contributed by atoms with E-state index in [0.29, 0.717) is 18.5 Å². The molecular weight excluding hydrogens is 252 g/mol. The third kappa shape index (κ3) is 3.69. The summed E-state index contributed by atoms with van der Waals surface area (Å²) in [6.07, 6.45) is 1.03. The van der Waals surface area contributed by atoms with Gasteiger partial charge in [0.25, 0.3) is 0 Å². The van der Waals surface area contributed by atoms with E-state index in [4.69, 9.17) is 10.8 Å². The summed E-state index contributed by atoms with van der Waals surface area (Å²) in [5.41, 5.74) is 7.00. The van der Waals surface area contributed by atoms with Crippen molar-refractivity contribution in [1.82, 2.24) is 4.72 Å². The van der Waals surface area contributed by atoms with E-state index >= 15 is 0 Å². The number of anilines is 1. The Morgan fingerprint density at radius 3 is 2.61 bits per heavy atom. The van der Waals surface area contributed by atoms with Crippen LogP contribution in [0.5, 0.6) is 0 Å². The Morgan fingerprint density at radius 2 is 2.11 bits per heavy atom. The third-order valence-corrected chi connectivity index (χ3v) is 4.37. The van der Waals surface area contributed by atoms with Crippen molar-refractivity contribution in [1.29, 1.82) is 0 Å². The van der Waals surface area contributed by atoms with Crippen LogP contribution < -0.4 is 10.5 Å². The van der Waals surface area contributed by atoms with Gasteiger partial charge in [-0.1, -0.05) is 13.0 Å². The number of aliphatic hydroxyl groups excluding tert-OH is 1. The Balaban J connectivity index is 2.95. The van der Waals surface area contributed by atoms with E-state index < -0.39 is 10.0 Å². The molecule has 0 spiro atoms. The first kappa shape index (κ1) is 14.9. The zero-order valence-corrected chi connectivity index (χ0v) is 11.5. The monoisotopic (exact) mass is 272 g/mol. The number of nitrogen functional groups attached to an aromatic ring is 1. The lowest BCUT2D eigenvalue weighted by molar-refractivity contribution is 0.270. The van der Waals surface area contributed by atoms with Gasteiger partial charge in [0.15, 0.2) is 0 Å². The first-order chi connectivity index (χ1) is 8.40. The summed E-state index contributed by atoms with van der Waals surface area (Å²) >= 11 is 0. The molecule has 102 valence electrons. The largest absolute Gasteiger partial charge is 0.398 e. The fourth-order valence-electron chi connectivity index (χ4n) is 1.58. The number of nitrogens with two attached hydrogens (primary N) is 1. The first-order valence-corrected chi connectivity index (χ1v) is 7.38. The van der Waals surface area contributed by atoms with Crippen molar-refractivity contribution in [3.63, 3.8) is 0 Å². The molecular formula is C12H20N2O3S. The van der Waals surface area contributed by atoms with Crippen LogP contribution in [0.15, 0.2) is 23.1 Å². The Kier molecular flexibility index (Phi) is 5.13. The molecule has 0 amide bonds. The molecule has 1 aromatic rings. The molecule has 18 heavy (non-hydrogen) atoms. The highest BCUT2D eigenvalue weighted by molar-refractivity contribution is 7.89. The Hall–Kier alpha value is -1.11. The number of sulfonamides is 1. The van der Waals surface area contributed by atoms with Crippen LogP contribution in [0.4, 0.5) is 5.69 Å². The van der Waals surface area contributed by atoms with Gasteiger partial charge >= 0.3 is 0 Å². The summed E-state index contributed by atoms with van der Waals surface area (Å²) in [6, 6.07) is 4.39. The molecule has 0 aliphatic carbocycles. The minimum atomic E-state index is -3.57. The van der Waals surface area contributed by atoms with Gasteiger partial charge in [-0.15, -0.1) is 0 Å². The molecule has 4 N–H and O–H groups in total. The van der Waals surface area contributed by atoms with Crippen molar-refractivity contribution in [3.8, 4) is 0 Å². The number of aliphatic hydroxyl groups is 1. The van der Waals surface area contributed by atoms with Gasteiger partial charge in [0.2, 0.25) is 10.0 Å². The van der Waals surface area contributed by atoms with E-state index in [9.17, 15) is 8.42 Å². The van der Waals surface area contributed by atoms with Gasteiger partial charge < -0.3 is 10.8 Å². The van der Waals surface area contributed by atoms with Crippen LogP contribution in [0.2, 0.25) is 0 Å². The zero-order chi connectivity index (χ0) is 13.8. The van der Waals surface area contributed by atoms with Crippen LogP contribution >= 0.6 is 0 Å². The molecule has 6 heteroatoms. The molecule has 0 bridgehead atoms. The molecule has 0 fully saturated rings. The molecule has 1 unspecified atom stereocenters. The van der Waals surface area contributed by atoms with Crippen molar-refractivity contribution in [2.75, 3.05) is 12.3 Å². The molecule has 0 radical (unpaired) electrons. The van der Waals surface area contributed by atoms with Crippen molar-refractivity contribution in [2.24, 2.45) is 0 Å².